The van der Waals surface area contributed by atoms with Crippen molar-refractivity contribution in [2.45, 2.75) is 6.92 Å². The van der Waals surface area contributed by atoms with Crippen LogP contribution >= 0.6 is 0 Å². The van der Waals surface area contributed by atoms with Crippen LogP contribution in [-0.4, -0.2) is 25.7 Å². The highest BCUT2D eigenvalue weighted by molar-refractivity contribution is 5.92. The first-order chi connectivity index (χ1) is 7.67. The molecule has 0 aliphatic rings. The number of isocyanates is 1. The van der Waals surface area contributed by atoms with Crippen molar-refractivity contribution in [2.75, 3.05) is 19.0 Å². The van der Waals surface area contributed by atoms with Crippen molar-refractivity contribution in [3.8, 4) is 0 Å². The number of hydrogen-bond donors (Lipinski definition) is 1. The van der Waals surface area contributed by atoms with Gasteiger partial charge in [-0.3, -0.25) is 4.79 Å². The fourth-order valence-electron chi connectivity index (χ4n) is 1.23. The van der Waals surface area contributed by atoms with Crippen LogP contribution in [0.5, 0.6) is 0 Å². The molecule has 0 aromatic heterocycles. The normalized spacial score (nSPS) is 9.38. The van der Waals surface area contributed by atoms with E-state index < -0.39 is 0 Å². The Morgan fingerprint density at radius 3 is 2.88 bits per heavy atom. The number of hydrogen-bond acceptors (Lipinski definition) is 4. The van der Waals surface area contributed by atoms with Crippen molar-refractivity contribution < 1.29 is 14.3 Å². The lowest BCUT2D eigenvalue weighted by Crippen LogP contribution is -2.17. The van der Waals surface area contributed by atoms with Gasteiger partial charge >= 0.3 is 0 Å². The second kappa shape index (κ2) is 5.80. The molecular weight excluding hydrogens is 208 g/mol. The van der Waals surface area contributed by atoms with Crippen molar-refractivity contribution in [3.63, 3.8) is 0 Å². The van der Waals surface area contributed by atoms with Gasteiger partial charge in [-0.2, -0.15) is 4.99 Å². The van der Waals surface area contributed by atoms with Gasteiger partial charge in [-0.1, -0.05) is 0 Å². The molecule has 1 aromatic rings. The van der Waals surface area contributed by atoms with E-state index in [1.807, 2.05) is 6.92 Å². The largest absolute Gasteiger partial charge is 0.375 e. The van der Waals surface area contributed by atoms with Gasteiger partial charge in [-0.05, 0) is 30.7 Å². The van der Waals surface area contributed by atoms with Crippen LogP contribution < -0.4 is 5.32 Å². The zero-order valence-electron chi connectivity index (χ0n) is 9.11. The predicted octanol–water partition coefficient (Wildman–Crippen LogP) is 1.55. The number of methoxy groups -OCH3 is 1. The minimum Gasteiger partial charge on any atom is -0.375 e. The summed E-state index contributed by atoms with van der Waals surface area (Å²) in [6.07, 6.45) is 1.46. The summed E-state index contributed by atoms with van der Waals surface area (Å²) in [6, 6.07) is 4.99. The van der Waals surface area contributed by atoms with Gasteiger partial charge in [-0.25, -0.2) is 4.79 Å². The zero-order chi connectivity index (χ0) is 12.0. The molecule has 0 heterocycles. The third-order valence-corrected chi connectivity index (χ3v) is 1.93. The highest BCUT2D eigenvalue weighted by Crippen LogP contribution is 2.21. The Balaban J connectivity index is 2.82. The number of rotatable bonds is 4. The van der Waals surface area contributed by atoms with E-state index in [0.717, 1.165) is 5.56 Å². The lowest BCUT2D eigenvalue weighted by atomic mass is 10.2. The molecule has 16 heavy (non-hydrogen) atoms. The predicted molar refractivity (Wildman–Crippen MR) is 59.5 cm³/mol. The van der Waals surface area contributed by atoms with E-state index in [9.17, 15) is 9.59 Å². The minimum absolute atomic E-state index is 0.00762. The van der Waals surface area contributed by atoms with Crippen LogP contribution in [0, 0.1) is 6.92 Å². The SMILES string of the molecule is COCC(=O)Nc1ccc(N=C=O)cc1C. The molecule has 84 valence electrons. The van der Waals surface area contributed by atoms with Gasteiger partial charge < -0.3 is 10.1 Å². The summed E-state index contributed by atoms with van der Waals surface area (Å²) >= 11 is 0. The van der Waals surface area contributed by atoms with Gasteiger partial charge in [-0.15, -0.1) is 0 Å². The lowest BCUT2D eigenvalue weighted by molar-refractivity contribution is -0.119. The number of aliphatic imine (C=N–C) groups is 1. The van der Waals surface area contributed by atoms with E-state index in [-0.39, 0.29) is 12.5 Å². The molecule has 0 fully saturated rings. The van der Waals surface area contributed by atoms with Crippen molar-refractivity contribution in [3.05, 3.63) is 23.8 Å². The molecule has 1 aromatic carbocycles. The molecule has 5 heteroatoms. The number of carbonyl (C=O) groups excluding carboxylic acids is 2. The van der Waals surface area contributed by atoms with E-state index >= 15 is 0 Å². The van der Waals surface area contributed by atoms with Crippen LogP contribution in [0.15, 0.2) is 23.2 Å². The second-order valence-electron chi connectivity index (χ2n) is 3.18. The fourth-order valence-corrected chi connectivity index (χ4v) is 1.23. The Morgan fingerprint density at radius 2 is 2.31 bits per heavy atom. The van der Waals surface area contributed by atoms with E-state index in [0.29, 0.717) is 11.4 Å². The number of benzene rings is 1. The summed E-state index contributed by atoms with van der Waals surface area (Å²) < 4.78 is 4.70. The molecule has 1 N–H and O–H groups in total. The minimum atomic E-state index is -0.225. The number of aryl methyl sites for hydroxylation is 1. The Morgan fingerprint density at radius 1 is 1.56 bits per heavy atom. The molecule has 1 rings (SSSR count). The molecule has 5 nitrogen and oxygen atoms in total. The summed E-state index contributed by atoms with van der Waals surface area (Å²) in [6.45, 7) is 1.82. The highest BCUT2D eigenvalue weighted by Gasteiger charge is 2.04. The van der Waals surface area contributed by atoms with E-state index in [4.69, 9.17) is 4.74 Å². The molecule has 0 spiro atoms. The number of ether oxygens (including phenoxy) is 1. The van der Waals surface area contributed by atoms with Gasteiger partial charge in [0, 0.05) is 12.8 Å². The zero-order valence-corrected chi connectivity index (χ0v) is 9.11. The van der Waals surface area contributed by atoms with Crippen LogP contribution in [-0.2, 0) is 14.3 Å². The molecule has 0 saturated carbocycles. The molecule has 0 saturated heterocycles. The van der Waals surface area contributed by atoms with Crippen LogP contribution in [0.2, 0.25) is 0 Å². The summed E-state index contributed by atoms with van der Waals surface area (Å²) in [7, 11) is 1.45. The van der Waals surface area contributed by atoms with E-state index in [1.165, 1.54) is 13.2 Å². The molecule has 0 bridgehead atoms. The van der Waals surface area contributed by atoms with Gasteiger partial charge in [0.1, 0.15) is 6.61 Å². The first kappa shape index (κ1) is 12.1. The number of carbonyl (C=O) groups is 1. The maximum absolute atomic E-state index is 11.3. The van der Waals surface area contributed by atoms with Crippen LogP contribution in [0.4, 0.5) is 11.4 Å². The Labute approximate surface area is 93.1 Å². The fraction of sp³-hybridized carbons (Fsp3) is 0.273. The third-order valence-electron chi connectivity index (χ3n) is 1.93. The topological polar surface area (TPSA) is 67.8 Å². The first-order valence-electron chi connectivity index (χ1n) is 4.64. The quantitative estimate of drug-likeness (QED) is 0.618. The molecule has 0 aliphatic heterocycles. The summed E-state index contributed by atoms with van der Waals surface area (Å²) in [4.78, 5) is 24.8. The standard InChI is InChI=1S/C11H12N2O3/c1-8-5-9(12-7-14)3-4-10(8)13-11(15)6-16-2/h3-5H,6H2,1-2H3,(H,13,15). The number of nitrogens with zero attached hydrogens (tertiary/aromatic N) is 1. The van der Waals surface area contributed by atoms with Crippen molar-refractivity contribution in [1.29, 1.82) is 0 Å². The third kappa shape index (κ3) is 3.31. The van der Waals surface area contributed by atoms with Crippen LogP contribution in [0.1, 0.15) is 5.56 Å². The number of amides is 1. The Hall–Kier alpha value is -1.97. The van der Waals surface area contributed by atoms with Crippen LogP contribution in [0.3, 0.4) is 0 Å². The van der Waals surface area contributed by atoms with Crippen molar-refractivity contribution in [2.24, 2.45) is 4.99 Å². The summed E-state index contributed by atoms with van der Waals surface area (Å²) in [5.41, 5.74) is 2.00. The van der Waals surface area contributed by atoms with Crippen molar-refractivity contribution in [1.82, 2.24) is 0 Å². The maximum Gasteiger partial charge on any atom is 0.250 e. The molecule has 0 unspecified atom stereocenters. The smallest absolute Gasteiger partial charge is 0.250 e. The highest BCUT2D eigenvalue weighted by atomic mass is 16.5. The maximum atomic E-state index is 11.3. The molecule has 1 amide bonds. The summed E-state index contributed by atoms with van der Waals surface area (Å²) in [5.74, 6) is -0.225. The average Bonchev–Trinajstić information content (AvgIpc) is 2.23. The number of nitrogens with one attached hydrogen (secondary N) is 1. The van der Waals surface area contributed by atoms with E-state index in [2.05, 4.69) is 10.3 Å². The monoisotopic (exact) mass is 220 g/mol. The lowest BCUT2D eigenvalue weighted by Gasteiger charge is -2.07. The van der Waals surface area contributed by atoms with Crippen molar-refractivity contribution >= 4 is 23.4 Å². The second-order valence-corrected chi connectivity index (χ2v) is 3.18. The van der Waals surface area contributed by atoms with Gasteiger partial charge in [0.25, 0.3) is 0 Å². The molecular formula is C11H12N2O3. The Bertz CT molecular complexity index is 437. The van der Waals surface area contributed by atoms with Gasteiger partial charge in [0.2, 0.25) is 12.0 Å². The van der Waals surface area contributed by atoms with Crippen LogP contribution in [0.25, 0.3) is 0 Å². The average molecular weight is 220 g/mol. The Kier molecular flexibility index (Phi) is 4.39. The summed E-state index contributed by atoms with van der Waals surface area (Å²) in [5, 5.41) is 2.68. The molecule has 0 atom stereocenters. The molecule has 0 aliphatic carbocycles. The first-order valence-corrected chi connectivity index (χ1v) is 4.64. The molecule has 0 radical (unpaired) electrons. The number of anilines is 1. The van der Waals surface area contributed by atoms with Gasteiger partial charge in [0.05, 0.1) is 5.69 Å². The van der Waals surface area contributed by atoms with Gasteiger partial charge in [0.15, 0.2) is 0 Å². The van der Waals surface area contributed by atoms with E-state index in [1.54, 1.807) is 18.2 Å².